The van der Waals surface area contributed by atoms with Gasteiger partial charge < -0.3 is 63.3 Å². The Morgan fingerprint density at radius 3 is 1.62 bits per heavy atom. The molecule has 13 rings (SSSR count). The van der Waals surface area contributed by atoms with Gasteiger partial charge in [-0.25, -0.2) is 28.0 Å². The predicted octanol–water partition coefficient (Wildman–Crippen LogP) is 3.22. The molecule has 5 atom stereocenters. The highest BCUT2D eigenvalue weighted by Gasteiger charge is 2.56. The third kappa shape index (κ3) is 10.4. The van der Waals surface area contributed by atoms with Crippen molar-refractivity contribution in [2.24, 2.45) is 0 Å². The average Bonchev–Trinajstić information content (AvgIpc) is 1.64. The summed E-state index contributed by atoms with van der Waals surface area (Å²) in [5, 5.41) is 28.0. The summed E-state index contributed by atoms with van der Waals surface area (Å²) in [4.78, 5) is 126. The van der Waals surface area contributed by atoms with Crippen molar-refractivity contribution < 1.29 is 71.2 Å². The highest BCUT2D eigenvalue weighted by molar-refractivity contribution is 8.00. The van der Waals surface area contributed by atoms with Crippen LogP contribution >= 0.6 is 23.5 Å². The number of furan rings is 1. The second-order valence-corrected chi connectivity index (χ2v) is 24.7. The van der Waals surface area contributed by atoms with Crippen LogP contribution in [-0.4, -0.2) is 178 Å². The van der Waals surface area contributed by atoms with Crippen LogP contribution in [0.5, 0.6) is 0 Å². The second kappa shape index (κ2) is 22.8. The van der Waals surface area contributed by atoms with Crippen LogP contribution in [0, 0.1) is 11.6 Å². The molecule has 3 aromatic heterocycles. The summed E-state index contributed by atoms with van der Waals surface area (Å²) < 4.78 is 58.6. The van der Waals surface area contributed by atoms with Crippen LogP contribution in [0.3, 0.4) is 0 Å². The van der Waals surface area contributed by atoms with E-state index in [-0.39, 0.29) is 73.7 Å². The minimum absolute atomic E-state index is 0.0000383. The molecule has 29 heteroatoms. The number of amides is 3. The van der Waals surface area contributed by atoms with Crippen molar-refractivity contribution in [3.8, 4) is 0 Å². The maximum Gasteiger partial charge on any atom is 0.352 e. The fraction of sp³-hybridized carbons (Fsp3) is 0.431. The van der Waals surface area contributed by atoms with E-state index in [0.717, 1.165) is 47.6 Å². The van der Waals surface area contributed by atoms with Gasteiger partial charge in [-0.1, -0.05) is 0 Å². The number of aliphatic carboxylic acids is 2. The molecule has 6 fully saturated rings. The smallest absolute Gasteiger partial charge is 0.352 e. The van der Waals surface area contributed by atoms with Crippen molar-refractivity contribution in [1.82, 2.24) is 34.9 Å². The number of carboxylic acids is 2. The maximum absolute atomic E-state index is 16.3. The first kappa shape index (κ1) is 57.8. The molecule has 9 heterocycles. The Kier molecular flexibility index (Phi) is 15.1. The van der Waals surface area contributed by atoms with Gasteiger partial charge in [0.2, 0.25) is 22.7 Å². The quantitative estimate of drug-likeness (QED) is 0.0478. The minimum atomic E-state index is -1.42. The molecule has 3 amide bonds. The summed E-state index contributed by atoms with van der Waals surface area (Å²) in [5.74, 6) is -6.89. The first-order valence-corrected chi connectivity index (χ1v) is 30.5. The van der Waals surface area contributed by atoms with E-state index in [4.69, 9.17) is 18.6 Å². The number of pyridine rings is 2. The molecule has 2 aromatic carbocycles. The Hall–Kier alpha value is -8.25. The van der Waals surface area contributed by atoms with Crippen LogP contribution in [0.1, 0.15) is 77.4 Å². The molecule has 2 saturated carbocycles. The lowest BCUT2D eigenvalue weighted by Crippen LogP contribution is -2.70. The molecule has 6 aliphatic heterocycles. The number of methoxy groups -OCH3 is 1. The maximum atomic E-state index is 16.3. The lowest BCUT2D eigenvalue weighted by Gasteiger charge is -2.50. The molecule has 8 aliphatic rings. The number of fused-ring (bicyclic) bond motifs is 4. The number of benzene rings is 2. The van der Waals surface area contributed by atoms with Gasteiger partial charge >= 0.3 is 23.9 Å². The Labute approximate surface area is 501 Å². The number of rotatable bonds is 18. The van der Waals surface area contributed by atoms with Crippen molar-refractivity contribution >= 4 is 104 Å². The normalized spacial score (nSPS) is 22.5. The van der Waals surface area contributed by atoms with Gasteiger partial charge in [0.15, 0.2) is 12.1 Å². The zero-order chi connectivity index (χ0) is 60.9. The van der Waals surface area contributed by atoms with Crippen molar-refractivity contribution in [3.63, 3.8) is 0 Å². The fourth-order valence-corrected chi connectivity index (χ4v) is 14.9. The van der Waals surface area contributed by atoms with E-state index < -0.39 is 106 Å². The second-order valence-electron chi connectivity index (χ2n) is 22.5. The number of carboxylic acid groups (broad SMARTS) is 2. The van der Waals surface area contributed by atoms with Gasteiger partial charge in [0, 0.05) is 130 Å². The third-order valence-corrected chi connectivity index (χ3v) is 19.6. The van der Waals surface area contributed by atoms with Gasteiger partial charge in [-0.15, -0.1) is 23.5 Å². The molecule has 1 unspecified atom stereocenters. The van der Waals surface area contributed by atoms with Gasteiger partial charge in [0.25, 0.3) is 5.91 Å². The summed E-state index contributed by atoms with van der Waals surface area (Å²) in [6.07, 6.45) is 4.96. The highest BCUT2D eigenvalue weighted by atomic mass is 32.2. The fourth-order valence-electron chi connectivity index (χ4n) is 12.2. The number of carbonyl (C=O) groups excluding carboxylic acids is 5. The van der Waals surface area contributed by atoms with Crippen LogP contribution in [0.2, 0.25) is 0 Å². The Morgan fingerprint density at radius 2 is 1.15 bits per heavy atom. The number of piperazine rings is 2. The van der Waals surface area contributed by atoms with E-state index in [1.54, 1.807) is 28.8 Å². The molecule has 25 nitrogen and oxygen atoms in total. The lowest BCUT2D eigenvalue weighted by molar-refractivity contribution is -0.151. The van der Waals surface area contributed by atoms with Crippen LogP contribution in [-0.2, 0) is 38.2 Å². The summed E-state index contributed by atoms with van der Waals surface area (Å²) >= 11 is 2.45. The number of β-lactam (4-membered cyclic amide) rings is 2. The molecule has 0 radical (unpaired) electrons. The first-order chi connectivity index (χ1) is 41.9. The Balaban J connectivity index is 0.642. The van der Waals surface area contributed by atoms with Crippen LogP contribution in [0.4, 0.5) is 26.0 Å². The van der Waals surface area contributed by atoms with Crippen molar-refractivity contribution in [1.29, 1.82) is 0 Å². The Bertz CT molecular complexity index is 3980. The molecule has 5 aromatic rings. The van der Waals surface area contributed by atoms with Gasteiger partial charge in [-0.3, -0.25) is 39.1 Å². The summed E-state index contributed by atoms with van der Waals surface area (Å²) in [7, 11) is 1.42. The number of halogens is 2. The molecule has 0 spiro atoms. The topological polar surface area (TPSA) is 297 Å². The number of esters is 2. The van der Waals surface area contributed by atoms with Crippen LogP contribution in [0.15, 0.2) is 85.3 Å². The standard InChI is InChI=1S/C58H58F2N10O15S2/c1-27(71)62-44-51(74)69-46(55(76)77)28(25-86-53(44)69)23-83-58(81)35-22-68(31-5-6-31)39-20-41(37(60)18-33(39)49(35)73)65-13-15-66(16-14-65)43-8-7-42(85-43)50(82-2)63-45-52(75)70-47(56(78)79)29(26-87-54(45)70)24-84-57(80)34-21-67(30-3-4-30)38-19-40(64-11-9-61-10-12-64)36(59)17-32(38)48(34)72/h7-8,17-22,30-31,44-45,50,53-54,61,63H,3-6,9-16,23-26H2,1-2H3,(H,62,71)(H,76,77)(H,78,79)/t44-,45-,50?,53-,54-/m1/s1. The van der Waals surface area contributed by atoms with Crippen LogP contribution in [0.25, 0.3) is 21.8 Å². The number of nitrogens with one attached hydrogen (secondary N) is 3. The molecule has 5 N–H and O–H groups in total. The molecule has 0 bridgehead atoms. The van der Waals surface area contributed by atoms with E-state index in [0.29, 0.717) is 80.7 Å². The number of hydrogen-bond acceptors (Lipinski definition) is 20. The summed E-state index contributed by atoms with van der Waals surface area (Å²) in [6, 6.07) is 7.05. The Morgan fingerprint density at radius 1 is 0.678 bits per heavy atom. The van der Waals surface area contributed by atoms with Crippen molar-refractivity contribution in [2.75, 3.05) is 98.9 Å². The number of carbonyl (C=O) groups is 7. The van der Waals surface area contributed by atoms with E-state index in [1.807, 2.05) is 19.3 Å². The minimum Gasteiger partial charge on any atom is -0.477 e. The average molecular weight is 1240 g/mol. The van der Waals surface area contributed by atoms with E-state index >= 15 is 8.78 Å². The predicted molar refractivity (Wildman–Crippen MR) is 311 cm³/mol. The van der Waals surface area contributed by atoms with Gasteiger partial charge in [-0.05, 0) is 56.0 Å². The van der Waals surface area contributed by atoms with Gasteiger partial charge in [0.05, 0.1) is 22.4 Å². The number of anilines is 3. The first-order valence-electron chi connectivity index (χ1n) is 28.4. The number of hydrogen-bond donors (Lipinski definition) is 5. The number of aromatic nitrogens is 2. The molecule has 2 aliphatic carbocycles. The SMILES string of the molecule is COC(N[C@@H]1C(=O)N2C(C(=O)O)=C(COC(=O)c3cn(C4CC4)c4cc(N5CCNCC5)c(F)cc4c3=O)CS[C@H]12)c1ccc(N2CCN(c3cc4c(cc3F)c(=O)c(C(=O)OCC3=C(C(=O)O)N5C(=O)[C@@H](NC(C)=O)[C@H]5SC3)cn4C3CC3)CC2)o1. The zero-order valence-electron chi connectivity index (χ0n) is 46.9. The molecular weight excluding hydrogens is 1180 g/mol. The van der Waals surface area contributed by atoms with E-state index in [1.165, 1.54) is 50.0 Å². The van der Waals surface area contributed by atoms with Crippen LogP contribution < -0.4 is 41.5 Å². The van der Waals surface area contributed by atoms with Crippen molar-refractivity contribution in [3.05, 3.63) is 120 Å². The van der Waals surface area contributed by atoms with Gasteiger partial charge in [0.1, 0.15) is 76.0 Å². The van der Waals surface area contributed by atoms with Gasteiger partial charge in [-0.2, -0.15) is 0 Å². The molecule has 4 saturated heterocycles. The monoisotopic (exact) mass is 1240 g/mol. The third-order valence-electron chi connectivity index (χ3n) is 17.0. The number of nitrogens with zero attached hydrogens (tertiary/aromatic N) is 7. The molecule has 87 heavy (non-hydrogen) atoms. The number of ether oxygens (including phenoxy) is 3. The van der Waals surface area contributed by atoms with E-state index in [2.05, 4.69) is 16.0 Å². The molecule has 456 valence electrons. The van der Waals surface area contributed by atoms with E-state index in [9.17, 15) is 53.4 Å². The largest absolute Gasteiger partial charge is 0.477 e. The highest BCUT2D eigenvalue weighted by Crippen LogP contribution is 2.44. The zero-order valence-corrected chi connectivity index (χ0v) is 48.5. The summed E-state index contributed by atoms with van der Waals surface area (Å²) in [5.41, 5.74) is -1.06. The summed E-state index contributed by atoms with van der Waals surface area (Å²) in [6.45, 7) is 4.17. The van der Waals surface area contributed by atoms with Crippen molar-refractivity contribution in [2.45, 2.75) is 73.8 Å². The number of thioether (sulfide) groups is 2. The molecular formula is C58H58F2N10O15S2. The lowest BCUT2D eigenvalue weighted by atomic mass is 10.0.